The molecule has 3 heteroatoms. The van der Waals surface area contributed by atoms with Crippen molar-refractivity contribution in [3.8, 4) is 22.3 Å². The van der Waals surface area contributed by atoms with E-state index in [1.807, 2.05) is 11.3 Å². The highest BCUT2D eigenvalue weighted by atomic mass is 32.1. The fourth-order valence-electron chi connectivity index (χ4n) is 10.1. The molecular weight excluding hydrogens is 769 g/mol. The fraction of sp³-hybridized carbons (Fsp3) is 0.0508. The van der Waals surface area contributed by atoms with Crippen LogP contribution in [0.1, 0.15) is 25.0 Å². The SMILES string of the molecule is CC1(C)c2ccccc2-c2ccc(N(c3ccccc3)c3cc(N(c4ccccc4)c4ccccc4-c4ccccc4)cc4c3sc3c4ccc4ccc5ccccc5c43)cc21. The molecule has 10 aromatic carbocycles. The van der Waals surface area contributed by atoms with E-state index in [0.29, 0.717) is 0 Å². The Kier molecular flexibility index (Phi) is 8.41. The fourth-order valence-corrected chi connectivity index (χ4v) is 11.4. The van der Waals surface area contributed by atoms with Crippen LogP contribution in [0.3, 0.4) is 0 Å². The quantitative estimate of drug-likeness (QED) is 0.148. The standard InChI is InChI=1S/C59H42N2S/c1-59(2)52-28-16-14-27-48(52)49-35-33-44(37-53(49)59)60(42-21-8-4-9-22-42)55-38-45(61(43-23-10-5-11-24-43)54-29-17-15-25-46(54)39-18-6-3-7-19-39)36-51-50-34-32-41-31-30-40-20-12-13-26-47(40)56(41)58(50)62-57(51)55/h3-38H,1-2H3. The van der Waals surface area contributed by atoms with Crippen molar-refractivity contribution in [1.82, 2.24) is 0 Å². The number of nitrogens with zero attached hydrogens (tertiary/aromatic N) is 2. The van der Waals surface area contributed by atoms with Gasteiger partial charge >= 0.3 is 0 Å². The predicted molar refractivity (Wildman–Crippen MR) is 267 cm³/mol. The van der Waals surface area contributed by atoms with E-state index in [-0.39, 0.29) is 5.41 Å². The van der Waals surface area contributed by atoms with E-state index < -0.39 is 0 Å². The number of rotatable bonds is 7. The van der Waals surface area contributed by atoms with Gasteiger partial charge in [0.2, 0.25) is 0 Å². The summed E-state index contributed by atoms with van der Waals surface area (Å²) in [5, 5.41) is 7.61. The Morgan fingerprint density at radius 2 is 0.952 bits per heavy atom. The minimum Gasteiger partial charge on any atom is -0.310 e. The molecule has 0 atom stereocenters. The minimum atomic E-state index is -0.149. The van der Waals surface area contributed by atoms with Gasteiger partial charge in [-0.05, 0) is 98.6 Å². The second-order valence-electron chi connectivity index (χ2n) is 16.9. The largest absolute Gasteiger partial charge is 0.310 e. The molecule has 1 heterocycles. The van der Waals surface area contributed by atoms with Gasteiger partial charge in [0.1, 0.15) is 0 Å². The summed E-state index contributed by atoms with van der Waals surface area (Å²) >= 11 is 1.92. The maximum Gasteiger partial charge on any atom is 0.0661 e. The van der Waals surface area contributed by atoms with Crippen LogP contribution in [-0.4, -0.2) is 0 Å². The Balaban J connectivity index is 1.20. The predicted octanol–water partition coefficient (Wildman–Crippen LogP) is 17.3. The first-order valence-electron chi connectivity index (χ1n) is 21.4. The molecule has 0 fully saturated rings. The maximum absolute atomic E-state index is 2.51. The molecule has 0 amide bonds. The van der Waals surface area contributed by atoms with Gasteiger partial charge in [0.05, 0.1) is 16.1 Å². The highest BCUT2D eigenvalue weighted by Gasteiger charge is 2.36. The number of fused-ring (bicyclic) bond motifs is 10. The van der Waals surface area contributed by atoms with E-state index in [2.05, 4.69) is 242 Å². The van der Waals surface area contributed by atoms with Crippen molar-refractivity contribution in [3.63, 3.8) is 0 Å². The number of hydrogen-bond donors (Lipinski definition) is 0. The zero-order valence-electron chi connectivity index (χ0n) is 34.6. The molecule has 0 saturated heterocycles. The molecule has 0 bridgehead atoms. The van der Waals surface area contributed by atoms with Crippen LogP contribution in [0.5, 0.6) is 0 Å². The van der Waals surface area contributed by atoms with Crippen molar-refractivity contribution in [2.45, 2.75) is 19.3 Å². The van der Waals surface area contributed by atoms with E-state index in [1.54, 1.807) is 0 Å². The third-order valence-corrected chi connectivity index (χ3v) is 14.3. The van der Waals surface area contributed by atoms with Crippen molar-refractivity contribution >= 4 is 87.2 Å². The lowest BCUT2D eigenvalue weighted by molar-refractivity contribution is 0.660. The molecule has 1 aliphatic rings. The summed E-state index contributed by atoms with van der Waals surface area (Å²) in [5.74, 6) is 0. The zero-order chi connectivity index (χ0) is 41.4. The summed E-state index contributed by atoms with van der Waals surface area (Å²) in [6, 6.07) is 80.4. The molecule has 0 aliphatic heterocycles. The molecule has 12 rings (SSSR count). The van der Waals surface area contributed by atoms with Gasteiger partial charge in [0.15, 0.2) is 0 Å². The van der Waals surface area contributed by atoms with E-state index in [0.717, 1.165) is 34.1 Å². The average Bonchev–Trinajstić information content (AvgIpc) is 3.82. The van der Waals surface area contributed by atoms with Gasteiger partial charge in [-0.2, -0.15) is 0 Å². The summed E-state index contributed by atoms with van der Waals surface area (Å²) in [7, 11) is 0. The maximum atomic E-state index is 2.51. The van der Waals surface area contributed by atoms with Gasteiger partial charge in [-0.1, -0.05) is 178 Å². The van der Waals surface area contributed by atoms with Gasteiger partial charge in [-0.3, -0.25) is 0 Å². The third-order valence-electron chi connectivity index (χ3n) is 13.0. The van der Waals surface area contributed by atoms with Gasteiger partial charge < -0.3 is 9.80 Å². The highest BCUT2D eigenvalue weighted by Crippen LogP contribution is 2.54. The van der Waals surface area contributed by atoms with Crippen molar-refractivity contribution in [2.24, 2.45) is 0 Å². The number of hydrogen-bond acceptors (Lipinski definition) is 3. The van der Waals surface area contributed by atoms with Gasteiger partial charge in [-0.15, -0.1) is 11.3 Å². The first-order chi connectivity index (χ1) is 30.5. The van der Waals surface area contributed by atoms with Crippen LogP contribution in [-0.2, 0) is 5.41 Å². The van der Waals surface area contributed by atoms with Crippen LogP contribution in [0.15, 0.2) is 218 Å². The molecule has 0 radical (unpaired) electrons. The number of thiophene rings is 1. The molecule has 0 saturated carbocycles. The van der Waals surface area contributed by atoms with Crippen LogP contribution in [0.4, 0.5) is 34.1 Å². The van der Waals surface area contributed by atoms with Crippen molar-refractivity contribution < 1.29 is 0 Å². The molecule has 0 unspecified atom stereocenters. The summed E-state index contributed by atoms with van der Waals surface area (Å²) in [4.78, 5) is 4.96. The summed E-state index contributed by atoms with van der Waals surface area (Å²) < 4.78 is 2.56. The Labute approximate surface area is 366 Å². The topological polar surface area (TPSA) is 6.48 Å². The molecular formula is C59H42N2S. The zero-order valence-corrected chi connectivity index (χ0v) is 35.4. The van der Waals surface area contributed by atoms with E-state index in [4.69, 9.17) is 0 Å². The molecule has 0 N–H and O–H groups in total. The minimum absolute atomic E-state index is 0.149. The van der Waals surface area contributed by atoms with Gasteiger partial charge in [0.25, 0.3) is 0 Å². The second-order valence-corrected chi connectivity index (χ2v) is 17.9. The molecule has 1 aliphatic carbocycles. The van der Waals surface area contributed by atoms with Crippen LogP contribution >= 0.6 is 11.3 Å². The molecule has 0 spiro atoms. The Hall–Kier alpha value is -7.46. The lowest BCUT2D eigenvalue weighted by atomic mass is 9.82. The summed E-state index contributed by atoms with van der Waals surface area (Å²) in [6.07, 6.45) is 0. The molecule has 294 valence electrons. The first-order valence-corrected chi connectivity index (χ1v) is 22.2. The molecule has 62 heavy (non-hydrogen) atoms. The van der Waals surface area contributed by atoms with E-state index in [9.17, 15) is 0 Å². The Morgan fingerprint density at radius 3 is 1.73 bits per heavy atom. The lowest BCUT2D eigenvalue weighted by Crippen LogP contribution is -2.17. The van der Waals surface area contributed by atoms with Gasteiger partial charge in [-0.25, -0.2) is 0 Å². The number of benzene rings is 10. The molecule has 1 aromatic heterocycles. The number of anilines is 6. The van der Waals surface area contributed by atoms with Crippen molar-refractivity contribution in [1.29, 1.82) is 0 Å². The lowest BCUT2D eigenvalue weighted by Gasteiger charge is -2.31. The monoisotopic (exact) mass is 810 g/mol. The van der Waals surface area contributed by atoms with Crippen molar-refractivity contribution in [3.05, 3.63) is 230 Å². The highest BCUT2D eigenvalue weighted by molar-refractivity contribution is 7.27. The van der Waals surface area contributed by atoms with Crippen LogP contribution in [0.2, 0.25) is 0 Å². The Bertz CT molecular complexity index is 3500. The third kappa shape index (κ3) is 5.70. The van der Waals surface area contributed by atoms with Crippen LogP contribution in [0.25, 0.3) is 64.0 Å². The van der Waals surface area contributed by atoms with Crippen LogP contribution < -0.4 is 9.80 Å². The van der Waals surface area contributed by atoms with Gasteiger partial charge in [0, 0.05) is 54.6 Å². The summed E-state index contributed by atoms with van der Waals surface area (Å²) in [6.45, 7) is 4.74. The van der Waals surface area contributed by atoms with Crippen molar-refractivity contribution in [2.75, 3.05) is 9.80 Å². The number of para-hydroxylation sites is 3. The molecule has 2 nitrogen and oxygen atoms in total. The smallest absolute Gasteiger partial charge is 0.0661 e. The average molecular weight is 811 g/mol. The summed E-state index contributed by atoms with van der Waals surface area (Å²) in [5.41, 5.74) is 14.3. The normalized spacial score (nSPS) is 12.8. The molecule has 11 aromatic rings. The Morgan fingerprint density at radius 1 is 0.355 bits per heavy atom. The second kappa shape index (κ2) is 14.3. The van der Waals surface area contributed by atoms with Crippen LogP contribution in [0, 0.1) is 0 Å². The first kappa shape index (κ1) is 36.4. The van der Waals surface area contributed by atoms with E-state index in [1.165, 1.54) is 75.1 Å². The van der Waals surface area contributed by atoms with E-state index >= 15 is 0 Å².